The average molecular weight is 348 g/mol. The largest absolute Gasteiger partial charge is 0.434 e. The third kappa shape index (κ3) is 5.42. The molecule has 0 fully saturated rings. The van der Waals surface area contributed by atoms with Gasteiger partial charge in [-0.3, -0.25) is 4.79 Å². The summed E-state index contributed by atoms with van der Waals surface area (Å²) in [5.41, 5.74) is 3.54. The number of aromatic nitrogens is 1. The summed E-state index contributed by atoms with van der Waals surface area (Å²) in [6.07, 6.45) is -4.50. The minimum absolute atomic E-state index is 0. The maximum atomic E-state index is 12.5. The van der Waals surface area contributed by atoms with Crippen molar-refractivity contribution < 1.29 is 22.7 Å². The van der Waals surface area contributed by atoms with Gasteiger partial charge >= 0.3 is 6.18 Å². The first-order valence-electron chi connectivity index (χ1n) is 5.67. The lowest BCUT2D eigenvalue weighted by atomic mass is 10.1. The van der Waals surface area contributed by atoms with Gasteiger partial charge in [0.1, 0.15) is 11.0 Å². The monoisotopic (exact) mass is 347 g/mol. The number of rotatable bonds is 5. The number of methoxy groups -OCH3 is 1. The quantitative estimate of drug-likeness (QED) is 0.853. The summed E-state index contributed by atoms with van der Waals surface area (Å²) in [6, 6.07) is -0.888. The van der Waals surface area contributed by atoms with Crippen LogP contribution in [0.1, 0.15) is 24.5 Å². The number of hydrogen-bond donors (Lipinski definition) is 2. The van der Waals surface area contributed by atoms with E-state index in [9.17, 15) is 18.0 Å². The molecule has 1 aromatic rings. The Bertz CT molecular complexity index is 480. The van der Waals surface area contributed by atoms with Gasteiger partial charge in [-0.05, 0) is 13.8 Å². The van der Waals surface area contributed by atoms with Crippen LogP contribution in [-0.4, -0.2) is 30.6 Å². The van der Waals surface area contributed by atoms with Crippen molar-refractivity contribution in [2.75, 3.05) is 13.7 Å². The summed E-state index contributed by atoms with van der Waals surface area (Å²) in [6.45, 7) is 3.14. The summed E-state index contributed by atoms with van der Waals surface area (Å²) >= 11 is 0.833. The molecular weight excluding hydrogens is 331 g/mol. The number of amides is 1. The number of alkyl halides is 3. The SMILES string of the molecule is COCC(N)C(=O)NC(C)(C)c1nc(C(F)(F)F)cs1.Cl. The van der Waals surface area contributed by atoms with Crippen LogP contribution in [0.15, 0.2) is 5.38 Å². The van der Waals surface area contributed by atoms with E-state index >= 15 is 0 Å². The Labute approximate surface area is 130 Å². The van der Waals surface area contributed by atoms with Gasteiger partial charge in [0.05, 0.1) is 12.1 Å². The number of nitrogens with zero attached hydrogens (tertiary/aromatic N) is 1. The first-order chi connectivity index (χ1) is 9.08. The summed E-state index contributed by atoms with van der Waals surface area (Å²) in [5, 5.41) is 3.63. The maximum Gasteiger partial charge on any atom is 0.434 e. The summed E-state index contributed by atoms with van der Waals surface area (Å²) < 4.78 is 42.2. The molecule has 0 saturated carbocycles. The van der Waals surface area contributed by atoms with Crippen molar-refractivity contribution in [3.63, 3.8) is 0 Å². The van der Waals surface area contributed by atoms with E-state index in [0.717, 1.165) is 16.7 Å². The fourth-order valence-corrected chi connectivity index (χ4v) is 2.31. The highest BCUT2D eigenvalue weighted by atomic mass is 35.5. The Kier molecular flexibility index (Phi) is 7.07. The van der Waals surface area contributed by atoms with Crippen LogP contribution in [0.5, 0.6) is 0 Å². The molecule has 21 heavy (non-hydrogen) atoms. The zero-order valence-corrected chi connectivity index (χ0v) is 13.3. The van der Waals surface area contributed by atoms with Crippen molar-refractivity contribution in [2.45, 2.75) is 31.6 Å². The number of nitrogens with two attached hydrogens (primary N) is 1. The van der Waals surface area contributed by atoms with Crippen LogP contribution in [0.3, 0.4) is 0 Å². The number of nitrogens with one attached hydrogen (secondary N) is 1. The van der Waals surface area contributed by atoms with E-state index in [-0.39, 0.29) is 24.0 Å². The molecule has 0 aliphatic rings. The molecule has 10 heteroatoms. The van der Waals surface area contributed by atoms with Crippen molar-refractivity contribution in [3.8, 4) is 0 Å². The molecule has 0 spiro atoms. The number of halogens is 4. The van der Waals surface area contributed by atoms with Crippen molar-refractivity contribution in [2.24, 2.45) is 5.73 Å². The van der Waals surface area contributed by atoms with Crippen LogP contribution in [0.4, 0.5) is 13.2 Å². The molecule has 0 aliphatic carbocycles. The first-order valence-corrected chi connectivity index (χ1v) is 6.55. The van der Waals surface area contributed by atoms with Crippen molar-refractivity contribution in [1.29, 1.82) is 0 Å². The second-order valence-corrected chi connectivity index (χ2v) is 5.57. The summed E-state index contributed by atoms with van der Waals surface area (Å²) in [5.74, 6) is -0.513. The van der Waals surface area contributed by atoms with Gasteiger partial charge in [-0.1, -0.05) is 0 Å². The number of ether oxygens (including phenoxy) is 1. The molecule has 1 aromatic heterocycles. The maximum absolute atomic E-state index is 12.5. The molecule has 0 radical (unpaired) electrons. The zero-order valence-electron chi connectivity index (χ0n) is 11.7. The third-order valence-electron chi connectivity index (χ3n) is 2.45. The van der Waals surface area contributed by atoms with E-state index in [0.29, 0.717) is 0 Å². The highest BCUT2D eigenvalue weighted by Crippen LogP contribution is 2.33. The predicted octanol–water partition coefficient (Wildman–Crippen LogP) is 1.91. The van der Waals surface area contributed by atoms with Gasteiger partial charge in [0.25, 0.3) is 0 Å². The smallest absolute Gasteiger partial charge is 0.383 e. The van der Waals surface area contributed by atoms with E-state index < -0.39 is 29.4 Å². The van der Waals surface area contributed by atoms with Gasteiger partial charge < -0.3 is 15.8 Å². The fourth-order valence-electron chi connectivity index (χ4n) is 1.40. The van der Waals surface area contributed by atoms with Crippen LogP contribution in [0.25, 0.3) is 0 Å². The van der Waals surface area contributed by atoms with Gasteiger partial charge in [-0.2, -0.15) is 13.2 Å². The summed E-state index contributed by atoms with van der Waals surface area (Å²) in [7, 11) is 1.40. The molecule has 0 aromatic carbocycles. The topological polar surface area (TPSA) is 77.2 Å². The second kappa shape index (κ2) is 7.39. The lowest BCUT2D eigenvalue weighted by Crippen LogP contribution is -2.50. The van der Waals surface area contributed by atoms with Crippen molar-refractivity contribution in [3.05, 3.63) is 16.1 Å². The number of carbonyl (C=O) groups is 1. The van der Waals surface area contributed by atoms with Crippen LogP contribution in [-0.2, 0) is 21.2 Å². The van der Waals surface area contributed by atoms with E-state index in [2.05, 4.69) is 10.3 Å². The Balaban J connectivity index is 0.00000400. The minimum atomic E-state index is -4.50. The van der Waals surface area contributed by atoms with Gasteiger partial charge in [0, 0.05) is 12.5 Å². The van der Waals surface area contributed by atoms with Crippen LogP contribution in [0, 0.1) is 0 Å². The average Bonchev–Trinajstić information content (AvgIpc) is 2.78. The molecule has 122 valence electrons. The van der Waals surface area contributed by atoms with Gasteiger partial charge in [-0.25, -0.2) is 4.98 Å². The molecule has 5 nitrogen and oxygen atoms in total. The van der Waals surface area contributed by atoms with E-state index in [1.807, 2.05) is 0 Å². The van der Waals surface area contributed by atoms with E-state index in [4.69, 9.17) is 10.5 Å². The molecule has 0 bridgehead atoms. The van der Waals surface area contributed by atoms with Crippen molar-refractivity contribution in [1.82, 2.24) is 10.3 Å². The molecule has 0 aliphatic heterocycles. The van der Waals surface area contributed by atoms with Crippen LogP contribution in [0.2, 0.25) is 0 Å². The first kappa shape index (κ1) is 20.1. The van der Waals surface area contributed by atoms with Gasteiger partial charge in [0.15, 0.2) is 5.69 Å². The van der Waals surface area contributed by atoms with Gasteiger partial charge in [0.2, 0.25) is 5.91 Å². The molecule has 1 rings (SSSR count). The molecule has 0 saturated heterocycles. The normalized spacial score (nSPS) is 13.5. The Morgan fingerprint density at radius 3 is 2.52 bits per heavy atom. The summed E-state index contributed by atoms with van der Waals surface area (Å²) in [4.78, 5) is 15.3. The zero-order chi connectivity index (χ0) is 15.6. The second-order valence-electron chi connectivity index (χ2n) is 4.71. The fraction of sp³-hybridized carbons (Fsp3) is 0.636. The number of thiazole rings is 1. The van der Waals surface area contributed by atoms with Crippen LogP contribution >= 0.6 is 23.7 Å². The molecule has 1 amide bonds. The molecule has 1 atom stereocenters. The minimum Gasteiger partial charge on any atom is -0.383 e. The van der Waals surface area contributed by atoms with Crippen LogP contribution < -0.4 is 11.1 Å². The Morgan fingerprint density at radius 2 is 2.10 bits per heavy atom. The highest BCUT2D eigenvalue weighted by Gasteiger charge is 2.36. The molecule has 1 unspecified atom stereocenters. The van der Waals surface area contributed by atoms with E-state index in [1.54, 1.807) is 13.8 Å². The molecule has 3 N–H and O–H groups in total. The Hall–Kier alpha value is -0.900. The predicted molar refractivity (Wildman–Crippen MR) is 75.4 cm³/mol. The number of carbonyl (C=O) groups excluding carboxylic acids is 1. The van der Waals surface area contributed by atoms with E-state index in [1.165, 1.54) is 7.11 Å². The highest BCUT2D eigenvalue weighted by molar-refractivity contribution is 7.09. The lowest BCUT2D eigenvalue weighted by molar-refractivity contribution is -0.140. The molecule has 1 heterocycles. The lowest BCUT2D eigenvalue weighted by Gasteiger charge is -2.25. The molecular formula is C11H17ClF3N3O2S. The standard InChI is InChI=1S/C11H16F3N3O2S.ClH/c1-10(2,17-8(18)6(15)4-19-3)9-16-7(5-20-9)11(12,13)14;/h5-6H,4,15H2,1-3H3,(H,17,18);1H. The third-order valence-corrected chi connectivity index (χ3v) is 3.61. The Morgan fingerprint density at radius 1 is 1.52 bits per heavy atom. The number of hydrogen-bond acceptors (Lipinski definition) is 5. The van der Waals surface area contributed by atoms with Crippen molar-refractivity contribution >= 4 is 29.7 Å². The van der Waals surface area contributed by atoms with Gasteiger partial charge in [-0.15, -0.1) is 23.7 Å².